The number of hydrogen-bond acceptors (Lipinski definition) is 0. The average Bonchev–Trinajstić information content (AvgIpc) is 2.04. The fourth-order valence-corrected chi connectivity index (χ4v) is 1.44. The molecule has 0 aromatic heterocycles. The lowest BCUT2D eigenvalue weighted by Crippen LogP contribution is -2.00. The van der Waals surface area contributed by atoms with Gasteiger partial charge in [0.05, 0.1) is 0 Å². The van der Waals surface area contributed by atoms with E-state index in [1.807, 2.05) is 6.07 Å². The van der Waals surface area contributed by atoms with Gasteiger partial charge in [-0.3, -0.25) is 0 Å². The Labute approximate surface area is 80.9 Å². The predicted octanol–water partition coefficient (Wildman–Crippen LogP) is 3.54. The van der Waals surface area contributed by atoms with Gasteiger partial charge in [-0.05, 0) is 30.5 Å². The molecule has 0 spiro atoms. The second-order valence-corrected chi connectivity index (χ2v) is 4.13. The third-order valence-corrected chi connectivity index (χ3v) is 2.76. The van der Waals surface area contributed by atoms with Gasteiger partial charge in [0.15, 0.2) is 0 Å². The highest BCUT2D eigenvalue weighted by molar-refractivity contribution is 9.09. The van der Waals surface area contributed by atoms with Crippen molar-refractivity contribution in [3.63, 3.8) is 0 Å². The first-order chi connectivity index (χ1) is 5.72. The van der Waals surface area contributed by atoms with Crippen molar-refractivity contribution in [3.05, 3.63) is 35.6 Å². The molecule has 2 heteroatoms. The Morgan fingerprint density at radius 3 is 2.83 bits per heavy atom. The van der Waals surface area contributed by atoms with Gasteiger partial charge in [-0.25, -0.2) is 4.39 Å². The number of rotatable bonds is 3. The van der Waals surface area contributed by atoms with Crippen molar-refractivity contribution in [1.82, 2.24) is 0 Å². The van der Waals surface area contributed by atoms with Crippen molar-refractivity contribution >= 4 is 15.9 Å². The molecule has 0 N–H and O–H groups in total. The fourth-order valence-electron chi connectivity index (χ4n) is 1.06. The van der Waals surface area contributed by atoms with E-state index in [2.05, 4.69) is 22.9 Å². The van der Waals surface area contributed by atoms with Gasteiger partial charge in [0.2, 0.25) is 0 Å². The minimum atomic E-state index is -0.150. The van der Waals surface area contributed by atoms with Crippen molar-refractivity contribution in [3.8, 4) is 0 Å². The third kappa shape index (κ3) is 2.94. The summed E-state index contributed by atoms with van der Waals surface area (Å²) in [5.41, 5.74) is 1.05. The van der Waals surface area contributed by atoms with Crippen molar-refractivity contribution < 1.29 is 4.39 Å². The summed E-state index contributed by atoms with van der Waals surface area (Å²) < 4.78 is 12.7. The zero-order chi connectivity index (χ0) is 8.97. The van der Waals surface area contributed by atoms with Crippen LogP contribution in [-0.4, -0.2) is 4.83 Å². The molecular weight excluding hydrogens is 219 g/mol. The molecule has 1 aromatic carbocycles. The van der Waals surface area contributed by atoms with E-state index in [-0.39, 0.29) is 5.82 Å². The fraction of sp³-hybridized carbons (Fsp3) is 0.400. The van der Waals surface area contributed by atoms with Crippen LogP contribution in [0.2, 0.25) is 0 Å². The Kier molecular flexibility index (Phi) is 3.73. The van der Waals surface area contributed by atoms with Crippen molar-refractivity contribution in [2.75, 3.05) is 0 Å². The summed E-state index contributed by atoms with van der Waals surface area (Å²) in [5.74, 6) is -0.150. The van der Waals surface area contributed by atoms with Crippen LogP contribution in [0.5, 0.6) is 0 Å². The van der Waals surface area contributed by atoms with Crippen LogP contribution < -0.4 is 0 Å². The summed E-state index contributed by atoms with van der Waals surface area (Å²) in [6.07, 6.45) is 1.96. The molecule has 0 radical (unpaired) electrons. The lowest BCUT2D eigenvalue weighted by Gasteiger charge is -2.05. The second-order valence-electron chi connectivity index (χ2n) is 2.84. The van der Waals surface area contributed by atoms with E-state index < -0.39 is 0 Å². The van der Waals surface area contributed by atoms with Crippen LogP contribution in [0.25, 0.3) is 0 Å². The normalized spacial score (nSPS) is 12.9. The molecule has 66 valence electrons. The Morgan fingerprint density at radius 1 is 1.50 bits per heavy atom. The number of halogens is 2. The van der Waals surface area contributed by atoms with Crippen LogP contribution in [0.15, 0.2) is 24.3 Å². The first-order valence-electron chi connectivity index (χ1n) is 4.11. The Hall–Kier alpha value is -0.370. The maximum absolute atomic E-state index is 12.7. The van der Waals surface area contributed by atoms with E-state index in [9.17, 15) is 4.39 Å². The summed E-state index contributed by atoms with van der Waals surface area (Å²) >= 11 is 3.52. The number of benzene rings is 1. The summed E-state index contributed by atoms with van der Waals surface area (Å²) in [5, 5.41) is 0. The zero-order valence-electron chi connectivity index (χ0n) is 7.06. The molecule has 12 heavy (non-hydrogen) atoms. The molecule has 0 fully saturated rings. The van der Waals surface area contributed by atoms with E-state index in [0.29, 0.717) is 4.83 Å². The minimum Gasteiger partial charge on any atom is -0.207 e. The van der Waals surface area contributed by atoms with Gasteiger partial charge in [-0.15, -0.1) is 0 Å². The maximum Gasteiger partial charge on any atom is 0.123 e. The first-order valence-corrected chi connectivity index (χ1v) is 5.02. The van der Waals surface area contributed by atoms with E-state index in [4.69, 9.17) is 0 Å². The monoisotopic (exact) mass is 230 g/mol. The van der Waals surface area contributed by atoms with Crippen molar-refractivity contribution in [1.29, 1.82) is 0 Å². The molecule has 0 heterocycles. The third-order valence-electron chi connectivity index (χ3n) is 1.79. The van der Waals surface area contributed by atoms with Gasteiger partial charge in [-0.1, -0.05) is 35.0 Å². The number of alkyl halides is 1. The van der Waals surface area contributed by atoms with Crippen LogP contribution in [0.3, 0.4) is 0 Å². The van der Waals surface area contributed by atoms with E-state index in [0.717, 1.165) is 18.4 Å². The van der Waals surface area contributed by atoms with Crippen molar-refractivity contribution in [2.45, 2.75) is 24.6 Å². The van der Waals surface area contributed by atoms with Crippen LogP contribution in [0.1, 0.15) is 18.9 Å². The molecule has 0 aliphatic heterocycles. The van der Waals surface area contributed by atoms with E-state index in [1.54, 1.807) is 12.1 Å². The van der Waals surface area contributed by atoms with Gasteiger partial charge in [0.25, 0.3) is 0 Å². The lowest BCUT2D eigenvalue weighted by molar-refractivity contribution is 0.624. The van der Waals surface area contributed by atoms with Crippen molar-refractivity contribution in [2.24, 2.45) is 0 Å². The summed E-state index contributed by atoms with van der Waals surface area (Å²) in [7, 11) is 0. The molecular formula is C10H12BrF. The lowest BCUT2D eigenvalue weighted by atomic mass is 10.1. The quantitative estimate of drug-likeness (QED) is 0.698. The average molecular weight is 231 g/mol. The highest BCUT2D eigenvalue weighted by atomic mass is 79.9. The Morgan fingerprint density at radius 2 is 2.25 bits per heavy atom. The van der Waals surface area contributed by atoms with Gasteiger partial charge < -0.3 is 0 Å². The zero-order valence-corrected chi connectivity index (χ0v) is 8.64. The molecule has 0 amide bonds. The van der Waals surface area contributed by atoms with Crippen LogP contribution in [-0.2, 0) is 6.42 Å². The predicted molar refractivity (Wildman–Crippen MR) is 53.1 cm³/mol. The topological polar surface area (TPSA) is 0 Å². The number of hydrogen-bond donors (Lipinski definition) is 0. The maximum atomic E-state index is 12.7. The summed E-state index contributed by atoms with van der Waals surface area (Å²) in [6, 6.07) is 6.76. The summed E-state index contributed by atoms with van der Waals surface area (Å²) in [4.78, 5) is 0.458. The Balaban J connectivity index is 2.63. The van der Waals surface area contributed by atoms with Crippen LogP contribution in [0.4, 0.5) is 4.39 Å². The summed E-state index contributed by atoms with van der Waals surface area (Å²) in [6.45, 7) is 2.11. The molecule has 0 bridgehead atoms. The van der Waals surface area contributed by atoms with E-state index in [1.165, 1.54) is 6.07 Å². The molecule has 1 unspecified atom stereocenters. The highest BCUT2D eigenvalue weighted by Gasteiger charge is 2.02. The van der Waals surface area contributed by atoms with Gasteiger partial charge in [0.1, 0.15) is 5.82 Å². The molecule has 0 saturated heterocycles. The Bertz CT molecular complexity index is 247. The molecule has 1 rings (SSSR count). The van der Waals surface area contributed by atoms with Gasteiger partial charge in [-0.2, -0.15) is 0 Å². The first kappa shape index (κ1) is 9.72. The highest BCUT2D eigenvalue weighted by Crippen LogP contribution is 2.13. The smallest absolute Gasteiger partial charge is 0.123 e. The second kappa shape index (κ2) is 4.61. The minimum absolute atomic E-state index is 0.150. The van der Waals surface area contributed by atoms with Crippen LogP contribution >= 0.6 is 15.9 Å². The molecule has 1 atom stereocenters. The SMILES string of the molecule is CCC(Br)Cc1cccc(F)c1. The largest absolute Gasteiger partial charge is 0.207 e. The van der Waals surface area contributed by atoms with Crippen LogP contribution in [0, 0.1) is 5.82 Å². The van der Waals surface area contributed by atoms with E-state index >= 15 is 0 Å². The molecule has 0 aliphatic rings. The van der Waals surface area contributed by atoms with Gasteiger partial charge in [0, 0.05) is 4.83 Å². The van der Waals surface area contributed by atoms with Gasteiger partial charge >= 0.3 is 0 Å². The molecule has 0 nitrogen and oxygen atoms in total. The molecule has 1 aromatic rings. The standard InChI is InChI=1S/C10H12BrF/c1-2-9(11)6-8-4-3-5-10(12)7-8/h3-5,7,9H,2,6H2,1H3. The molecule has 0 saturated carbocycles. The molecule has 0 aliphatic carbocycles.